The van der Waals surface area contributed by atoms with Crippen molar-refractivity contribution in [3.05, 3.63) is 58.1 Å². The van der Waals surface area contributed by atoms with Crippen molar-refractivity contribution < 1.29 is 4.74 Å². The molecule has 0 saturated carbocycles. The van der Waals surface area contributed by atoms with Crippen molar-refractivity contribution in [1.82, 2.24) is 0 Å². The highest BCUT2D eigenvalue weighted by molar-refractivity contribution is 9.10. The number of halogens is 1. The average molecular weight is 352 g/mol. The molecule has 0 spiro atoms. The maximum atomic E-state index is 6.29. The predicted molar refractivity (Wildman–Crippen MR) is 89.5 cm³/mol. The third-order valence-electron chi connectivity index (χ3n) is 3.12. The summed E-state index contributed by atoms with van der Waals surface area (Å²) >= 11 is 5.21. The summed E-state index contributed by atoms with van der Waals surface area (Å²) in [5.41, 5.74) is 8.64. The minimum absolute atomic E-state index is 0.0227. The van der Waals surface area contributed by atoms with Gasteiger partial charge in [0.05, 0.1) is 7.11 Å². The first-order valence-electron chi connectivity index (χ1n) is 6.38. The van der Waals surface area contributed by atoms with Crippen molar-refractivity contribution >= 4 is 27.7 Å². The lowest BCUT2D eigenvalue weighted by molar-refractivity contribution is 0.414. The van der Waals surface area contributed by atoms with Crippen LogP contribution in [-0.2, 0) is 0 Å². The van der Waals surface area contributed by atoms with E-state index in [9.17, 15) is 0 Å². The van der Waals surface area contributed by atoms with Crippen LogP contribution in [0.15, 0.2) is 51.8 Å². The van der Waals surface area contributed by atoms with Crippen molar-refractivity contribution in [3.63, 3.8) is 0 Å². The van der Waals surface area contributed by atoms with E-state index in [1.54, 1.807) is 18.9 Å². The molecular weight excluding hydrogens is 334 g/mol. The van der Waals surface area contributed by atoms with Gasteiger partial charge in [0.2, 0.25) is 0 Å². The van der Waals surface area contributed by atoms with E-state index in [0.29, 0.717) is 0 Å². The normalized spacial score (nSPS) is 12.2. The Hall–Kier alpha value is -0.970. The molecule has 2 rings (SSSR count). The van der Waals surface area contributed by atoms with Crippen molar-refractivity contribution in [2.24, 2.45) is 5.73 Å². The quantitative estimate of drug-likeness (QED) is 0.802. The van der Waals surface area contributed by atoms with Gasteiger partial charge < -0.3 is 10.5 Å². The summed E-state index contributed by atoms with van der Waals surface area (Å²) in [6, 6.07) is 14.4. The highest BCUT2D eigenvalue weighted by Crippen LogP contribution is 2.27. The molecule has 4 heteroatoms. The lowest BCUT2D eigenvalue weighted by Gasteiger charge is -2.15. The Morgan fingerprint density at radius 1 is 1.20 bits per heavy atom. The highest BCUT2D eigenvalue weighted by atomic mass is 79.9. The predicted octanol–water partition coefficient (Wildman–Crippen LogP) is 4.56. The smallest absolute Gasteiger partial charge is 0.119 e. The number of thioether (sulfide) groups is 1. The minimum atomic E-state index is 0.0227. The summed E-state index contributed by atoms with van der Waals surface area (Å²) in [5, 5.41) is 0. The molecule has 0 radical (unpaired) electrons. The zero-order valence-corrected chi connectivity index (χ0v) is 14.0. The van der Waals surface area contributed by atoms with E-state index < -0.39 is 0 Å². The number of methoxy groups -OCH3 is 1. The van der Waals surface area contributed by atoms with Gasteiger partial charge in [-0.15, -0.1) is 11.8 Å². The van der Waals surface area contributed by atoms with Crippen molar-refractivity contribution in [2.75, 3.05) is 12.9 Å². The molecule has 2 nitrogen and oxygen atoms in total. The van der Waals surface area contributed by atoms with Crippen LogP contribution in [0.25, 0.3) is 0 Å². The molecule has 0 aliphatic heterocycles. The number of nitrogens with two attached hydrogens (primary N) is 1. The van der Waals surface area contributed by atoms with Gasteiger partial charge in [0.25, 0.3) is 0 Å². The first-order chi connectivity index (χ1) is 9.60. The van der Waals surface area contributed by atoms with E-state index in [1.165, 1.54) is 16.0 Å². The molecule has 2 aromatic carbocycles. The zero-order valence-electron chi connectivity index (χ0n) is 11.6. The number of hydrogen-bond acceptors (Lipinski definition) is 3. The molecule has 1 unspecified atom stereocenters. The van der Waals surface area contributed by atoms with Crippen LogP contribution in [0.5, 0.6) is 5.75 Å². The number of benzene rings is 2. The Balaban J connectivity index is 2.01. The monoisotopic (exact) mass is 351 g/mol. The second kappa shape index (κ2) is 7.16. The summed E-state index contributed by atoms with van der Waals surface area (Å²) in [6.45, 7) is 2.07. The summed E-state index contributed by atoms with van der Waals surface area (Å²) in [5.74, 6) is 1.73. The molecule has 20 heavy (non-hydrogen) atoms. The molecule has 0 aliphatic rings. The lowest BCUT2D eigenvalue weighted by atomic mass is 10.0. The Labute approximate surface area is 132 Å². The number of hydrogen-bond donors (Lipinski definition) is 1. The molecule has 2 aromatic rings. The van der Waals surface area contributed by atoms with Crippen molar-refractivity contribution in [3.8, 4) is 5.75 Å². The Morgan fingerprint density at radius 3 is 2.50 bits per heavy atom. The third-order valence-corrected chi connectivity index (χ3v) is 4.78. The second-order valence-corrected chi connectivity index (χ2v) is 6.60. The van der Waals surface area contributed by atoms with Gasteiger partial charge in [-0.1, -0.05) is 22.0 Å². The molecular formula is C16H18BrNOS. The van der Waals surface area contributed by atoms with E-state index in [0.717, 1.165) is 16.0 Å². The zero-order chi connectivity index (χ0) is 14.5. The average Bonchev–Trinajstić information content (AvgIpc) is 2.46. The maximum Gasteiger partial charge on any atom is 0.119 e. The summed E-state index contributed by atoms with van der Waals surface area (Å²) in [7, 11) is 1.68. The molecule has 1 atom stereocenters. The van der Waals surface area contributed by atoms with E-state index in [4.69, 9.17) is 10.5 Å². The van der Waals surface area contributed by atoms with Gasteiger partial charge in [0.15, 0.2) is 0 Å². The SMILES string of the molecule is COc1ccc(C(N)CSc2ccc(Br)cc2)c(C)c1. The Bertz CT molecular complexity index is 571. The number of rotatable bonds is 5. The topological polar surface area (TPSA) is 35.2 Å². The van der Waals surface area contributed by atoms with E-state index in [2.05, 4.69) is 41.1 Å². The number of ether oxygens (including phenoxy) is 1. The van der Waals surface area contributed by atoms with Crippen molar-refractivity contribution in [2.45, 2.75) is 17.9 Å². The van der Waals surface area contributed by atoms with Gasteiger partial charge in [-0.3, -0.25) is 0 Å². The van der Waals surface area contributed by atoms with Gasteiger partial charge in [-0.2, -0.15) is 0 Å². The molecule has 0 aromatic heterocycles. The van der Waals surface area contributed by atoms with Crippen LogP contribution < -0.4 is 10.5 Å². The molecule has 2 N–H and O–H groups in total. The van der Waals surface area contributed by atoms with Crippen LogP contribution in [-0.4, -0.2) is 12.9 Å². The van der Waals surface area contributed by atoms with E-state index >= 15 is 0 Å². The molecule has 0 saturated heterocycles. The van der Waals surface area contributed by atoms with Crippen LogP contribution in [0.4, 0.5) is 0 Å². The second-order valence-electron chi connectivity index (χ2n) is 4.59. The van der Waals surface area contributed by atoms with Gasteiger partial charge in [-0.25, -0.2) is 0 Å². The summed E-state index contributed by atoms with van der Waals surface area (Å²) < 4.78 is 6.31. The van der Waals surface area contributed by atoms with Crippen LogP contribution in [0.1, 0.15) is 17.2 Å². The minimum Gasteiger partial charge on any atom is -0.497 e. The Morgan fingerprint density at radius 2 is 1.90 bits per heavy atom. The molecule has 0 fully saturated rings. The largest absolute Gasteiger partial charge is 0.497 e. The van der Waals surface area contributed by atoms with Crippen molar-refractivity contribution in [1.29, 1.82) is 0 Å². The van der Waals surface area contributed by atoms with Gasteiger partial charge in [0.1, 0.15) is 5.75 Å². The fourth-order valence-electron chi connectivity index (χ4n) is 2.00. The number of aryl methyl sites for hydroxylation is 1. The Kier molecular flexibility index (Phi) is 5.52. The fourth-order valence-corrected chi connectivity index (χ4v) is 3.14. The van der Waals surface area contributed by atoms with Crippen LogP contribution >= 0.6 is 27.7 Å². The standard InChI is InChI=1S/C16H18BrNOS/c1-11-9-13(19-2)5-8-15(11)16(18)10-20-14-6-3-12(17)4-7-14/h3-9,16H,10,18H2,1-2H3. The molecule has 106 valence electrons. The molecule has 0 aliphatic carbocycles. The first-order valence-corrected chi connectivity index (χ1v) is 8.16. The van der Waals surface area contributed by atoms with Gasteiger partial charge in [0, 0.05) is 21.2 Å². The first kappa shape index (κ1) is 15.4. The summed E-state index contributed by atoms with van der Waals surface area (Å²) in [6.07, 6.45) is 0. The fraction of sp³-hybridized carbons (Fsp3) is 0.250. The van der Waals surface area contributed by atoms with Crippen LogP contribution in [0.3, 0.4) is 0 Å². The third kappa shape index (κ3) is 4.01. The lowest BCUT2D eigenvalue weighted by Crippen LogP contribution is -2.14. The summed E-state index contributed by atoms with van der Waals surface area (Å²) in [4.78, 5) is 1.23. The van der Waals surface area contributed by atoms with Gasteiger partial charge in [-0.05, 0) is 54.4 Å². The molecule has 0 heterocycles. The van der Waals surface area contributed by atoms with E-state index in [-0.39, 0.29) is 6.04 Å². The maximum absolute atomic E-state index is 6.29. The van der Waals surface area contributed by atoms with E-state index in [1.807, 2.05) is 24.3 Å². The van der Waals surface area contributed by atoms with Gasteiger partial charge >= 0.3 is 0 Å². The highest BCUT2D eigenvalue weighted by Gasteiger charge is 2.10. The van der Waals surface area contributed by atoms with Crippen LogP contribution in [0.2, 0.25) is 0 Å². The van der Waals surface area contributed by atoms with Crippen LogP contribution in [0, 0.1) is 6.92 Å². The molecule has 0 amide bonds. The molecule has 0 bridgehead atoms.